The SMILES string of the molecule is CSc1ccccc1NC(=O)CN(C)C(=O)/C=C/c1ccc2ccccc2n1. The number of likely N-dealkylation sites (N-methyl/N-ethyl adjacent to an activating group) is 1. The van der Waals surface area contributed by atoms with Crippen molar-refractivity contribution in [3.8, 4) is 0 Å². The largest absolute Gasteiger partial charge is 0.333 e. The molecule has 0 aliphatic carbocycles. The quantitative estimate of drug-likeness (QED) is 0.508. The van der Waals surface area contributed by atoms with Crippen LogP contribution < -0.4 is 5.32 Å². The molecule has 28 heavy (non-hydrogen) atoms. The molecule has 6 heteroatoms. The highest BCUT2D eigenvalue weighted by atomic mass is 32.2. The van der Waals surface area contributed by atoms with Crippen molar-refractivity contribution in [1.82, 2.24) is 9.88 Å². The number of fused-ring (bicyclic) bond motifs is 1. The summed E-state index contributed by atoms with van der Waals surface area (Å²) in [6.07, 6.45) is 5.04. The van der Waals surface area contributed by atoms with Crippen LogP contribution in [0.3, 0.4) is 0 Å². The highest BCUT2D eigenvalue weighted by Crippen LogP contribution is 2.24. The van der Waals surface area contributed by atoms with Gasteiger partial charge in [-0.1, -0.05) is 36.4 Å². The van der Waals surface area contributed by atoms with Crippen LogP contribution in [0, 0.1) is 0 Å². The van der Waals surface area contributed by atoms with E-state index in [9.17, 15) is 9.59 Å². The van der Waals surface area contributed by atoms with Gasteiger partial charge in [0.25, 0.3) is 0 Å². The van der Waals surface area contributed by atoms with Crippen molar-refractivity contribution < 1.29 is 9.59 Å². The molecule has 0 aliphatic heterocycles. The van der Waals surface area contributed by atoms with Gasteiger partial charge >= 0.3 is 0 Å². The molecule has 2 amide bonds. The van der Waals surface area contributed by atoms with Gasteiger partial charge in [0, 0.05) is 23.4 Å². The maximum absolute atomic E-state index is 12.3. The van der Waals surface area contributed by atoms with E-state index in [-0.39, 0.29) is 18.4 Å². The van der Waals surface area contributed by atoms with Crippen LogP contribution in [-0.4, -0.2) is 41.5 Å². The molecule has 1 heterocycles. The summed E-state index contributed by atoms with van der Waals surface area (Å²) in [5, 5.41) is 3.90. The highest BCUT2D eigenvalue weighted by Gasteiger charge is 2.12. The van der Waals surface area contributed by atoms with Crippen LogP contribution in [-0.2, 0) is 9.59 Å². The maximum Gasteiger partial charge on any atom is 0.246 e. The third-order valence-corrected chi connectivity index (χ3v) is 4.95. The molecular weight excluding hydrogens is 370 g/mol. The summed E-state index contributed by atoms with van der Waals surface area (Å²) in [5.74, 6) is -0.502. The summed E-state index contributed by atoms with van der Waals surface area (Å²) in [6, 6.07) is 19.2. The molecule has 3 aromatic rings. The number of rotatable bonds is 6. The number of carbonyl (C=O) groups excluding carboxylic acids is 2. The predicted octanol–water partition coefficient (Wildman–Crippen LogP) is 4.07. The predicted molar refractivity (Wildman–Crippen MR) is 115 cm³/mol. The van der Waals surface area contributed by atoms with Crippen LogP contribution in [0.15, 0.2) is 71.6 Å². The number of amides is 2. The Labute approximate surface area is 168 Å². The number of benzene rings is 2. The Bertz CT molecular complexity index is 1030. The average molecular weight is 391 g/mol. The van der Waals surface area contributed by atoms with Crippen LogP contribution in [0.25, 0.3) is 17.0 Å². The molecule has 0 saturated carbocycles. The summed E-state index contributed by atoms with van der Waals surface area (Å²) in [4.78, 5) is 31.4. The Kier molecular flexibility index (Phi) is 6.45. The second kappa shape index (κ2) is 9.19. The van der Waals surface area contributed by atoms with Crippen LogP contribution in [0.5, 0.6) is 0 Å². The van der Waals surface area contributed by atoms with Crippen LogP contribution in [0.2, 0.25) is 0 Å². The second-order valence-corrected chi connectivity index (χ2v) is 7.05. The lowest BCUT2D eigenvalue weighted by Crippen LogP contribution is -2.33. The molecule has 1 N–H and O–H groups in total. The fourth-order valence-electron chi connectivity index (χ4n) is 2.69. The Morgan fingerprint density at radius 1 is 1.07 bits per heavy atom. The van der Waals surface area contributed by atoms with E-state index in [2.05, 4.69) is 10.3 Å². The molecule has 0 fully saturated rings. The monoisotopic (exact) mass is 391 g/mol. The number of pyridine rings is 1. The zero-order valence-electron chi connectivity index (χ0n) is 15.8. The van der Waals surface area contributed by atoms with Gasteiger partial charge in [-0.25, -0.2) is 4.98 Å². The topological polar surface area (TPSA) is 62.3 Å². The zero-order chi connectivity index (χ0) is 19.9. The fraction of sp³-hybridized carbons (Fsp3) is 0.136. The van der Waals surface area contributed by atoms with E-state index in [0.29, 0.717) is 5.69 Å². The first-order valence-corrected chi connectivity index (χ1v) is 10.0. The molecule has 3 rings (SSSR count). The number of aromatic nitrogens is 1. The molecule has 0 atom stereocenters. The molecule has 0 unspecified atom stereocenters. The lowest BCUT2D eigenvalue weighted by Gasteiger charge is -2.15. The number of hydrogen-bond acceptors (Lipinski definition) is 4. The van der Waals surface area contributed by atoms with E-state index in [1.165, 1.54) is 11.0 Å². The summed E-state index contributed by atoms with van der Waals surface area (Å²) in [7, 11) is 1.60. The summed E-state index contributed by atoms with van der Waals surface area (Å²) < 4.78 is 0. The number of anilines is 1. The molecule has 0 aliphatic rings. The normalized spacial score (nSPS) is 10.9. The highest BCUT2D eigenvalue weighted by molar-refractivity contribution is 7.98. The van der Waals surface area contributed by atoms with E-state index < -0.39 is 0 Å². The van der Waals surface area contributed by atoms with Crippen LogP contribution >= 0.6 is 11.8 Å². The molecule has 0 saturated heterocycles. The Hall–Kier alpha value is -3.12. The number of thioether (sulfide) groups is 1. The maximum atomic E-state index is 12.3. The average Bonchev–Trinajstić information content (AvgIpc) is 2.72. The molecule has 5 nitrogen and oxygen atoms in total. The van der Waals surface area contributed by atoms with Gasteiger partial charge in [0.1, 0.15) is 0 Å². The van der Waals surface area contributed by atoms with Crippen molar-refractivity contribution in [2.24, 2.45) is 0 Å². The smallest absolute Gasteiger partial charge is 0.246 e. The van der Waals surface area contributed by atoms with Gasteiger partial charge < -0.3 is 10.2 Å². The van der Waals surface area contributed by atoms with E-state index in [1.807, 2.05) is 66.9 Å². The van der Waals surface area contributed by atoms with E-state index in [4.69, 9.17) is 0 Å². The number of hydrogen-bond donors (Lipinski definition) is 1. The van der Waals surface area contributed by atoms with Crippen molar-refractivity contribution in [3.05, 3.63) is 72.4 Å². The lowest BCUT2D eigenvalue weighted by atomic mass is 10.2. The second-order valence-electron chi connectivity index (χ2n) is 6.20. The van der Waals surface area contributed by atoms with Gasteiger partial charge in [-0.2, -0.15) is 0 Å². The molecule has 1 aromatic heterocycles. The van der Waals surface area contributed by atoms with Crippen molar-refractivity contribution in [2.45, 2.75) is 4.90 Å². The first-order chi connectivity index (χ1) is 13.6. The van der Waals surface area contributed by atoms with Gasteiger partial charge in [0.05, 0.1) is 23.4 Å². The van der Waals surface area contributed by atoms with Gasteiger partial charge in [-0.3, -0.25) is 9.59 Å². The lowest BCUT2D eigenvalue weighted by molar-refractivity contribution is -0.129. The third-order valence-electron chi connectivity index (χ3n) is 4.15. The van der Waals surface area contributed by atoms with Crippen molar-refractivity contribution >= 4 is 46.2 Å². The van der Waals surface area contributed by atoms with Crippen molar-refractivity contribution in [3.63, 3.8) is 0 Å². The molecule has 2 aromatic carbocycles. The van der Waals surface area contributed by atoms with Gasteiger partial charge in [-0.15, -0.1) is 11.8 Å². The van der Waals surface area contributed by atoms with Crippen molar-refractivity contribution in [1.29, 1.82) is 0 Å². The molecular formula is C22H21N3O2S. The number of nitrogens with zero attached hydrogens (tertiary/aromatic N) is 2. The first-order valence-electron chi connectivity index (χ1n) is 8.78. The van der Waals surface area contributed by atoms with E-state index in [0.717, 1.165) is 21.5 Å². The molecule has 0 bridgehead atoms. The first kappa shape index (κ1) is 19.6. The molecule has 0 radical (unpaired) electrons. The van der Waals surface area contributed by atoms with Crippen molar-refractivity contribution in [2.75, 3.05) is 25.2 Å². The minimum absolute atomic E-state index is 0.0307. The standard InChI is InChI=1S/C22H21N3O2S/c1-25(15-21(26)24-19-9-5-6-10-20(19)28-2)22(27)14-13-17-12-11-16-7-3-4-8-18(16)23-17/h3-14H,15H2,1-2H3,(H,24,26)/b14-13+. The fourth-order valence-corrected chi connectivity index (χ4v) is 3.24. The van der Waals surface area contributed by atoms with Gasteiger partial charge in [-0.05, 0) is 36.6 Å². The summed E-state index contributed by atoms with van der Waals surface area (Å²) in [5.41, 5.74) is 2.31. The molecule has 142 valence electrons. The van der Waals surface area contributed by atoms with Crippen LogP contribution in [0.1, 0.15) is 5.69 Å². The third kappa shape index (κ3) is 4.98. The van der Waals surface area contributed by atoms with E-state index >= 15 is 0 Å². The number of nitrogens with one attached hydrogen (secondary N) is 1. The summed E-state index contributed by atoms with van der Waals surface area (Å²) >= 11 is 1.56. The Morgan fingerprint density at radius 2 is 1.82 bits per heavy atom. The number of carbonyl (C=O) groups is 2. The minimum Gasteiger partial charge on any atom is -0.333 e. The molecule has 0 spiro atoms. The Balaban J connectivity index is 1.60. The summed E-state index contributed by atoms with van der Waals surface area (Å²) in [6.45, 7) is -0.0307. The van der Waals surface area contributed by atoms with Gasteiger partial charge in [0.15, 0.2) is 0 Å². The van der Waals surface area contributed by atoms with Gasteiger partial charge in [0.2, 0.25) is 11.8 Å². The van der Waals surface area contributed by atoms with Crippen LogP contribution in [0.4, 0.5) is 5.69 Å². The zero-order valence-corrected chi connectivity index (χ0v) is 16.6. The minimum atomic E-state index is -0.261. The number of para-hydroxylation sites is 2. The van der Waals surface area contributed by atoms with E-state index in [1.54, 1.807) is 24.9 Å². The Morgan fingerprint density at radius 3 is 2.64 bits per heavy atom.